The van der Waals surface area contributed by atoms with E-state index in [1.807, 2.05) is 6.08 Å². The minimum Gasteiger partial charge on any atom is -0.383 e. The first-order chi connectivity index (χ1) is 4.68. The molecule has 0 aromatic rings. The molecule has 0 rings (SSSR count). The molecule has 0 aromatic heterocycles. The first kappa shape index (κ1) is 9.92. The van der Waals surface area contributed by atoms with E-state index in [-0.39, 0.29) is 5.22 Å². The minimum atomic E-state index is 0.203. The van der Waals surface area contributed by atoms with Gasteiger partial charge in [-0.15, -0.1) is 6.58 Å². The molecule has 0 spiro atoms. The van der Waals surface area contributed by atoms with Gasteiger partial charge in [-0.05, 0) is 19.3 Å². The Bertz CT molecular complexity index is 97.4. The largest absolute Gasteiger partial charge is 0.383 e. The molecule has 1 nitrogen and oxygen atoms in total. The Morgan fingerprint density at radius 1 is 1.70 bits per heavy atom. The Labute approximate surface area is 66.9 Å². The molecule has 60 valence electrons. The minimum absolute atomic E-state index is 0.203. The first-order valence-corrected chi connectivity index (χ1v) is 4.84. The second kappa shape index (κ2) is 4.69. The van der Waals surface area contributed by atoms with Crippen LogP contribution in [0.5, 0.6) is 0 Å². The molecule has 0 saturated heterocycles. The van der Waals surface area contributed by atoms with Crippen LogP contribution >= 0.6 is 0 Å². The van der Waals surface area contributed by atoms with Crippen molar-refractivity contribution < 1.29 is 4.74 Å². The molecular weight excluding hydrogens is 140 g/mol. The average molecular weight is 158 g/mol. The van der Waals surface area contributed by atoms with Crippen molar-refractivity contribution in [3.63, 3.8) is 0 Å². The summed E-state index contributed by atoms with van der Waals surface area (Å²) < 4.78 is 5.40. The van der Waals surface area contributed by atoms with Crippen LogP contribution in [0.1, 0.15) is 26.2 Å². The highest BCUT2D eigenvalue weighted by Crippen LogP contribution is 2.16. The standard InChI is InChI=1S/C8H18OSi/c1-4-6-7-8(10,5-2)9-3/h4H,1,5-7H2,2-3,10H3. The molecule has 0 aliphatic carbocycles. The summed E-state index contributed by atoms with van der Waals surface area (Å²) in [6, 6.07) is 0. The van der Waals surface area contributed by atoms with Crippen LogP contribution in [0.2, 0.25) is 0 Å². The van der Waals surface area contributed by atoms with Crippen molar-refractivity contribution in [3.05, 3.63) is 12.7 Å². The van der Waals surface area contributed by atoms with Crippen molar-refractivity contribution in [3.8, 4) is 0 Å². The summed E-state index contributed by atoms with van der Waals surface area (Å²) in [5, 5.41) is 0.203. The fraction of sp³-hybridized carbons (Fsp3) is 0.750. The molecule has 0 aliphatic rings. The third kappa shape index (κ3) is 3.18. The summed E-state index contributed by atoms with van der Waals surface area (Å²) >= 11 is 0. The van der Waals surface area contributed by atoms with Gasteiger partial charge in [0, 0.05) is 22.6 Å². The van der Waals surface area contributed by atoms with Crippen LogP contribution in [-0.2, 0) is 4.74 Å². The second-order valence-corrected chi connectivity index (χ2v) is 4.66. The maximum atomic E-state index is 5.40. The third-order valence-electron chi connectivity index (χ3n) is 2.12. The molecule has 0 saturated carbocycles. The SMILES string of the molecule is C=CCCC([SiH3])(CC)OC. The molecule has 1 unspecified atom stereocenters. The molecule has 0 fully saturated rings. The smallest absolute Gasteiger partial charge is 0.0482 e. The number of allylic oxidation sites excluding steroid dienone is 1. The van der Waals surface area contributed by atoms with E-state index in [4.69, 9.17) is 4.74 Å². The van der Waals surface area contributed by atoms with Crippen molar-refractivity contribution in [2.24, 2.45) is 0 Å². The quantitative estimate of drug-likeness (QED) is 0.429. The summed E-state index contributed by atoms with van der Waals surface area (Å²) in [5.41, 5.74) is 0. The number of methoxy groups -OCH3 is 1. The van der Waals surface area contributed by atoms with Crippen LogP contribution in [0.3, 0.4) is 0 Å². The highest BCUT2D eigenvalue weighted by Gasteiger charge is 2.18. The molecule has 10 heavy (non-hydrogen) atoms. The molecule has 1 atom stereocenters. The zero-order chi connectivity index (χ0) is 8.04. The number of rotatable bonds is 5. The van der Waals surface area contributed by atoms with Crippen LogP contribution in [0.15, 0.2) is 12.7 Å². The van der Waals surface area contributed by atoms with Crippen LogP contribution in [0, 0.1) is 0 Å². The summed E-state index contributed by atoms with van der Waals surface area (Å²) in [4.78, 5) is 0. The third-order valence-corrected chi connectivity index (χ3v) is 3.73. The second-order valence-electron chi connectivity index (χ2n) is 2.83. The van der Waals surface area contributed by atoms with Gasteiger partial charge in [-0.3, -0.25) is 0 Å². The van der Waals surface area contributed by atoms with E-state index in [1.54, 1.807) is 7.11 Å². The Hall–Kier alpha value is -0.0831. The fourth-order valence-corrected chi connectivity index (χ4v) is 1.12. The molecule has 0 aromatic carbocycles. The predicted octanol–water partition coefficient (Wildman–Crippen LogP) is 1.07. The predicted molar refractivity (Wildman–Crippen MR) is 49.4 cm³/mol. The zero-order valence-corrected chi connectivity index (χ0v) is 9.31. The van der Waals surface area contributed by atoms with E-state index >= 15 is 0 Å². The van der Waals surface area contributed by atoms with E-state index in [1.165, 1.54) is 0 Å². The topological polar surface area (TPSA) is 9.23 Å². The van der Waals surface area contributed by atoms with Crippen molar-refractivity contribution in [1.82, 2.24) is 0 Å². The van der Waals surface area contributed by atoms with Gasteiger partial charge >= 0.3 is 0 Å². The van der Waals surface area contributed by atoms with Gasteiger partial charge in [0.2, 0.25) is 0 Å². The van der Waals surface area contributed by atoms with E-state index in [9.17, 15) is 0 Å². The molecular formula is C8H18OSi. The highest BCUT2D eigenvalue weighted by molar-refractivity contribution is 6.14. The van der Waals surface area contributed by atoms with Gasteiger partial charge in [0.25, 0.3) is 0 Å². The van der Waals surface area contributed by atoms with Gasteiger partial charge in [-0.1, -0.05) is 13.0 Å². The lowest BCUT2D eigenvalue weighted by molar-refractivity contribution is 0.0533. The molecule has 0 aliphatic heterocycles. The molecule has 0 radical (unpaired) electrons. The number of hydrogen-bond donors (Lipinski definition) is 0. The lowest BCUT2D eigenvalue weighted by atomic mass is 10.1. The summed E-state index contributed by atoms with van der Waals surface area (Å²) in [5.74, 6) is 0. The fourth-order valence-electron chi connectivity index (χ4n) is 0.831. The Balaban J connectivity index is 3.68. The van der Waals surface area contributed by atoms with Gasteiger partial charge in [0.1, 0.15) is 0 Å². The molecule has 0 bridgehead atoms. The zero-order valence-electron chi connectivity index (χ0n) is 7.31. The van der Waals surface area contributed by atoms with E-state index in [2.05, 4.69) is 13.5 Å². The van der Waals surface area contributed by atoms with Crippen LogP contribution in [0.4, 0.5) is 0 Å². The van der Waals surface area contributed by atoms with Gasteiger partial charge < -0.3 is 4.74 Å². The van der Waals surface area contributed by atoms with E-state index in [0.29, 0.717) is 0 Å². The van der Waals surface area contributed by atoms with Crippen molar-refractivity contribution >= 4 is 10.2 Å². The summed E-state index contributed by atoms with van der Waals surface area (Å²) in [6.07, 6.45) is 5.30. The van der Waals surface area contributed by atoms with Gasteiger partial charge in [0.15, 0.2) is 0 Å². The maximum absolute atomic E-state index is 5.40. The summed E-state index contributed by atoms with van der Waals surface area (Å²) in [6.45, 7) is 5.87. The lowest BCUT2D eigenvalue weighted by Crippen LogP contribution is -2.30. The van der Waals surface area contributed by atoms with Crippen molar-refractivity contribution in [1.29, 1.82) is 0 Å². The van der Waals surface area contributed by atoms with Crippen molar-refractivity contribution in [2.45, 2.75) is 31.4 Å². The van der Waals surface area contributed by atoms with Crippen molar-refractivity contribution in [2.75, 3.05) is 7.11 Å². The van der Waals surface area contributed by atoms with Crippen LogP contribution in [0.25, 0.3) is 0 Å². The Morgan fingerprint density at radius 3 is 2.60 bits per heavy atom. The first-order valence-electron chi connectivity index (χ1n) is 3.84. The molecule has 0 amide bonds. The normalized spacial score (nSPS) is 16.6. The number of ether oxygens (including phenoxy) is 1. The van der Waals surface area contributed by atoms with Crippen LogP contribution < -0.4 is 0 Å². The van der Waals surface area contributed by atoms with E-state index < -0.39 is 0 Å². The monoisotopic (exact) mass is 158 g/mol. The average Bonchev–Trinajstić information content (AvgIpc) is 2.00. The molecule has 0 N–H and O–H groups in total. The summed E-state index contributed by atoms with van der Waals surface area (Å²) in [7, 11) is 2.92. The Kier molecular flexibility index (Phi) is 4.65. The molecule has 0 heterocycles. The highest BCUT2D eigenvalue weighted by atomic mass is 28.1. The number of hydrogen-bond acceptors (Lipinski definition) is 1. The van der Waals surface area contributed by atoms with Gasteiger partial charge in [0.05, 0.1) is 0 Å². The van der Waals surface area contributed by atoms with Gasteiger partial charge in [-0.2, -0.15) is 0 Å². The molecule has 2 heteroatoms. The van der Waals surface area contributed by atoms with Crippen LogP contribution in [-0.4, -0.2) is 22.6 Å². The lowest BCUT2D eigenvalue weighted by Gasteiger charge is -2.25. The Morgan fingerprint density at radius 2 is 2.30 bits per heavy atom. The van der Waals surface area contributed by atoms with Gasteiger partial charge in [-0.25, -0.2) is 0 Å². The maximum Gasteiger partial charge on any atom is 0.0482 e. The van der Waals surface area contributed by atoms with E-state index in [0.717, 1.165) is 29.5 Å².